The van der Waals surface area contributed by atoms with Crippen molar-refractivity contribution in [1.82, 2.24) is 10.4 Å². The maximum Gasteiger partial charge on any atom is 0.271 e. The molecule has 1 heterocycles. The number of carbonyl (C=O) groups is 1. The number of rotatable bonds is 6. The van der Waals surface area contributed by atoms with E-state index in [1.54, 1.807) is 11.8 Å². The summed E-state index contributed by atoms with van der Waals surface area (Å²) in [5.41, 5.74) is 6.28. The lowest BCUT2D eigenvalue weighted by molar-refractivity contribution is 0.0954. The van der Waals surface area contributed by atoms with Crippen molar-refractivity contribution in [3.05, 3.63) is 71.9 Å². The summed E-state index contributed by atoms with van der Waals surface area (Å²) >= 11 is 1.75. The maximum absolute atomic E-state index is 12.1. The minimum atomic E-state index is -0.185. The van der Waals surface area contributed by atoms with Gasteiger partial charge in [-0.3, -0.25) is 9.78 Å². The highest BCUT2D eigenvalue weighted by Crippen LogP contribution is 2.28. The zero-order valence-electron chi connectivity index (χ0n) is 14.9. The number of benzene rings is 2. The molecule has 132 valence electrons. The van der Waals surface area contributed by atoms with Crippen LogP contribution in [0.5, 0.6) is 0 Å². The van der Waals surface area contributed by atoms with Gasteiger partial charge in [0.25, 0.3) is 5.91 Å². The van der Waals surface area contributed by atoms with Crippen molar-refractivity contribution < 1.29 is 4.79 Å². The minimum absolute atomic E-state index is 0.185. The first-order valence-corrected chi connectivity index (χ1v) is 9.55. The number of aromatic nitrogens is 1. The first kappa shape index (κ1) is 18.1. The quantitative estimate of drug-likeness (QED) is 0.379. The van der Waals surface area contributed by atoms with Crippen LogP contribution >= 0.6 is 11.8 Å². The average Bonchev–Trinajstić information content (AvgIpc) is 2.70. The van der Waals surface area contributed by atoms with Crippen molar-refractivity contribution >= 4 is 34.3 Å². The minimum Gasteiger partial charge on any atom is -0.267 e. The molecule has 26 heavy (non-hydrogen) atoms. The summed E-state index contributed by atoms with van der Waals surface area (Å²) in [6.07, 6.45) is 2.64. The van der Waals surface area contributed by atoms with Gasteiger partial charge in [-0.05, 0) is 43.2 Å². The number of hydrazone groups is 1. The Morgan fingerprint density at radius 1 is 1.12 bits per heavy atom. The van der Waals surface area contributed by atoms with E-state index in [2.05, 4.69) is 39.8 Å². The summed E-state index contributed by atoms with van der Waals surface area (Å²) < 4.78 is 0. The molecule has 2 aromatic carbocycles. The molecular weight excluding hydrogens is 342 g/mol. The van der Waals surface area contributed by atoms with Crippen molar-refractivity contribution in [2.45, 2.75) is 30.9 Å². The lowest BCUT2D eigenvalue weighted by Crippen LogP contribution is -2.18. The zero-order valence-corrected chi connectivity index (χ0v) is 15.7. The van der Waals surface area contributed by atoms with Gasteiger partial charge in [0.15, 0.2) is 0 Å². The fourth-order valence-electron chi connectivity index (χ4n) is 2.40. The third kappa shape index (κ3) is 4.49. The maximum atomic E-state index is 12.1. The molecule has 3 rings (SSSR count). The predicted octanol–water partition coefficient (Wildman–Crippen LogP) is 5.04. The van der Waals surface area contributed by atoms with Crippen LogP contribution in [-0.4, -0.2) is 16.6 Å². The van der Waals surface area contributed by atoms with Crippen LogP contribution in [0.1, 0.15) is 36.2 Å². The average molecular weight is 363 g/mol. The molecule has 1 N–H and O–H groups in total. The van der Waals surface area contributed by atoms with E-state index in [0.717, 1.165) is 39.2 Å². The molecule has 1 aromatic heterocycles. The number of nitrogens with zero attached hydrogens (tertiary/aromatic N) is 2. The fourth-order valence-corrected chi connectivity index (χ4v) is 3.39. The Bertz CT molecular complexity index is 930. The summed E-state index contributed by atoms with van der Waals surface area (Å²) in [6, 6.07) is 17.9. The first-order valence-electron chi connectivity index (χ1n) is 8.56. The van der Waals surface area contributed by atoms with E-state index in [1.165, 1.54) is 0 Å². The van der Waals surface area contributed by atoms with Gasteiger partial charge in [0.1, 0.15) is 0 Å². The molecule has 0 bridgehead atoms. The second kappa shape index (κ2) is 8.63. The van der Waals surface area contributed by atoms with Crippen molar-refractivity contribution in [2.24, 2.45) is 5.10 Å². The van der Waals surface area contributed by atoms with Gasteiger partial charge >= 0.3 is 0 Å². The monoisotopic (exact) mass is 363 g/mol. The molecular formula is C21H21N3OS. The smallest absolute Gasteiger partial charge is 0.267 e. The molecule has 0 radical (unpaired) electrons. The molecule has 0 spiro atoms. The Morgan fingerprint density at radius 3 is 2.65 bits per heavy atom. The lowest BCUT2D eigenvalue weighted by Gasteiger charge is -2.06. The molecule has 1 amide bonds. The summed E-state index contributed by atoms with van der Waals surface area (Å²) in [5, 5.41) is 5.20. The molecule has 4 nitrogen and oxygen atoms in total. The number of nitrogens with one attached hydrogen (secondary N) is 1. The first-order chi connectivity index (χ1) is 12.7. The van der Waals surface area contributed by atoms with E-state index in [-0.39, 0.29) is 5.91 Å². The third-order valence-electron chi connectivity index (χ3n) is 4.07. The number of amides is 1. The van der Waals surface area contributed by atoms with Crippen molar-refractivity contribution in [3.8, 4) is 0 Å². The van der Waals surface area contributed by atoms with Crippen LogP contribution in [0.25, 0.3) is 10.9 Å². The van der Waals surface area contributed by atoms with Crippen LogP contribution in [0.2, 0.25) is 0 Å². The predicted molar refractivity (Wildman–Crippen MR) is 109 cm³/mol. The van der Waals surface area contributed by atoms with Gasteiger partial charge in [-0.25, -0.2) is 5.43 Å². The van der Waals surface area contributed by atoms with Gasteiger partial charge in [-0.15, -0.1) is 11.8 Å². The number of fused-ring (bicyclic) bond motifs is 1. The van der Waals surface area contributed by atoms with E-state index in [4.69, 9.17) is 0 Å². The van der Waals surface area contributed by atoms with E-state index in [0.29, 0.717) is 5.56 Å². The molecule has 3 aromatic rings. The molecule has 0 aliphatic heterocycles. The highest BCUT2D eigenvalue weighted by molar-refractivity contribution is 7.98. The number of para-hydroxylation sites is 1. The fraction of sp³-hybridized carbons (Fsp3) is 0.190. The molecule has 0 saturated carbocycles. The van der Waals surface area contributed by atoms with Crippen molar-refractivity contribution in [2.75, 3.05) is 0 Å². The largest absolute Gasteiger partial charge is 0.271 e. The van der Waals surface area contributed by atoms with Gasteiger partial charge in [0, 0.05) is 33.5 Å². The second-order valence-corrected chi connectivity index (χ2v) is 6.98. The van der Waals surface area contributed by atoms with Crippen LogP contribution in [0, 0.1) is 0 Å². The normalized spacial score (nSPS) is 11.5. The number of hydrogen-bond donors (Lipinski definition) is 1. The number of carbonyl (C=O) groups excluding carboxylic acids is 1. The van der Waals surface area contributed by atoms with Gasteiger partial charge < -0.3 is 0 Å². The Morgan fingerprint density at radius 2 is 1.88 bits per heavy atom. The van der Waals surface area contributed by atoms with Crippen LogP contribution in [0.15, 0.2) is 70.8 Å². The SMILES string of the molecule is CC/C(C)=N\NC(=O)c1ccc(CSc2cccc3cccnc23)cc1. The van der Waals surface area contributed by atoms with E-state index >= 15 is 0 Å². The highest BCUT2D eigenvalue weighted by Gasteiger charge is 2.06. The molecule has 0 aliphatic rings. The van der Waals surface area contributed by atoms with E-state index in [1.807, 2.05) is 50.4 Å². The molecule has 0 atom stereocenters. The van der Waals surface area contributed by atoms with Crippen molar-refractivity contribution in [1.29, 1.82) is 0 Å². The van der Waals surface area contributed by atoms with E-state index in [9.17, 15) is 4.79 Å². The number of pyridine rings is 1. The molecule has 0 fully saturated rings. The summed E-state index contributed by atoms with van der Waals surface area (Å²) in [7, 11) is 0. The molecule has 0 aliphatic carbocycles. The zero-order chi connectivity index (χ0) is 18.4. The van der Waals surface area contributed by atoms with Crippen LogP contribution in [0.3, 0.4) is 0 Å². The lowest BCUT2D eigenvalue weighted by atomic mass is 10.1. The van der Waals surface area contributed by atoms with Crippen LogP contribution < -0.4 is 5.43 Å². The third-order valence-corrected chi connectivity index (χ3v) is 5.18. The van der Waals surface area contributed by atoms with Gasteiger partial charge in [0.05, 0.1) is 5.52 Å². The summed E-state index contributed by atoms with van der Waals surface area (Å²) in [5.74, 6) is 0.639. The Balaban J connectivity index is 1.65. The Labute approximate surface area is 157 Å². The standard InChI is InChI=1S/C21H21N3OS/c1-3-15(2)23-24-21(25)18-11-9-16(10-12-18)14-26-19-8-4-6-17-7-5-13-22-20(17)19/h4-13H,3,14H2,1-2H3,(H,24,25)/b23-15-. The van der Waals surface area contributed by atoms with Crippen LogP contribution in [0.4, 0.5) is 0 Å². The van der Waals surface area contributed by atoms with Gasteiger partial charge in [-0.1, -0.05) is 37.3 Å². The summed E-state index contributed by atoms with van der Waals surface area (Å²) in [6.45, 7) is 3.89. The van der Waals surface area contributed by atoms with Crippen LogP contribution in [-0.2, 0) is 5.75 Å². The number of hydrogen-bond acceptors (Lipinski definition) is 4. The topological polar surface area (TPSA) is 54.4 Å². The van der Waals surface area contributed by atoms with E-state index < -0.39 is 0 Å². The van der Waals surface area contributed by atoms with Gasteiger partial charge in [0.2, 0.25) is 0 Å². The molecule has 0 saturated heterocycles. The second-order valence-electron chi connectivity index (χ2n) is 5.96. The van der Waals surface area contributed by atoms with Gasteiger partial charge in [-0.2, -0.15) is 5.10 Å². The Kier molecular flexibility index (Phi) is 6.02. The summed E-state index contributed by atoms with van der Waals surface area (Å²) in [4.78, 5) is 17.7. The molecule has 5 heteroatoms. The van der Waals surface area contributed by atoms with Crippen molar-refractivity contribution in [3.63, 3.8) is 0 Å². The molecule has 0 unspecified atom stereocenters. The highest BCUT2D eigenvalue weighted by atomic mass is 32.2. The Hall–Kier alpha value is -2.66. The number of thioether (sulfide) groups is 1.